The van der Waals surface area contributed by atoms with Crippen molar-refractivity contribution in [1.29, 1.82) is 0 Å². The molecule has 1 aliphatic heterocycles. The summed E-state index contributed by atoms with van der Waals surface area (Å²) in [6.07, 6.45) is -5.96. The molecule has 6 nitrogen and oxygen atoms in total. The molecule has 4 atom stereocenters. The fourth-order valence-electron chi connectivity index (χ4n) is 3.95. The van der Waals surface area contributed by atoms with E-state index in [9.17, 15) is 35.5 Å². The lowest BCUT2D eigenvalue weighted by molar-refractivity contribution is -0.272. The molecule has 1 fully saturated rings. The van der Waals surface area contributed by atoms with Gasteiger partial charge >= 0.3 is 12.7 Å². The first kappa shape index (κ1) is 24.8. The number of nitrogens with one attached hydrogen (secondary N) is 1. The minimum Gasteiger partial charge on any atom is -0.493 e. The molecule has 13 heteroatoms. The average Bonchev–Trinajstić information content (AvgIpc) is 3.22. The van der Waals surface area contributed by atoms with Gasteiger partial charge in [0.05, 0.1) is 24.7 Å². The van der Waals surface area contributed by atoms with Crippen LogP contribution in [0, 0.1) is 24.5 Å². The number of ether oxygens (including phenoxy) is 2. The molecule has 3 rings (SSSR count). The number of methoxy groups -OCH3 is 1. The van der Waals surface area contributed by atoms with E-state index in [1.54, 1.807) is 0 Å². The molecule has 0 unspecified atom stereocenters. The lowest BCUT2D eigenvalue weighted by Crippen LogP contribution is -2.47. The number of carbonyl (C=O) groups excluding carboxylic acids is 1. The van der Waals surface area contributed by atoms with Crippen LogP contribution in [0.25, 0.3) is 0 Å². The molecule has 1 aromatic heterocycles. The summed E-state index contributed by atoms with van der Waals surface area (Å²) in [4.78, 5) is 13.0. The molecule has 0 spiro atoms. The summed E-state index contributed by atoms with van der Waals surface area (Å²) in [7, 11) is 1.00. The number of aryl methyl sites for hydroxylation is 1. The maximum Gasteiger partial charge on any atom is 0.417 e. The summed E-state index contributed by atoms with van der Waals surface area (Å²) < 4.78 is 106. The van der Waals surface area contributed by atoms with Crippen LogP contribution in [0.4, 0.5) is 36.4 Å². The molecule has 1 saturated heterocycles. The maximum absolute atomic E-state index is 14.3. The van der Waals surface area contributed by atoms with E-state index in [1.165, 1.54) is 6.92 Å². The Kier molecular flexibility index (Phi) is 6.39. The summed E-state index contributed by atoms with van der Waals surface area (Å²) in [5.74, 6) is -7.37. The zero-order valence-electron chi connectivity index (χ0n) is 17.8. The van der Waals surface area contributed by atoms with E-state index in [2.05, 4.69) is 10.4 Å². The number of aromatic nitrogens is 2. The van der Waals surface area contributed by atoms with Crippen LogP contribution in [0.3, 0.4) is 0 Å². The van der Waals surface area contributed by atoms with E-state index < -0.39 is 59.6 Å². The van der Waals surface area contributed by atoms with Crippen molar-refractivity contribution in [1.82, 2.24) is 9.78 Å². The van der Waals surface area contributed by atoms with Gasteiger partial charge in [0.2, 0.25) is 5.82 Å². The fraction of sp³-hybridized carbons (Fsp3) is 0.500. The molecule has 0 aliphatic carbocycles. The monoisotopic (exact) mass is 483 g/mol. The highest BCUT2D eigenvalue weighted by Crippen LogP contribution is 2.55. The Morgan fingerprint density at radius 3 is 2.45 bits per heavy atom. The second-order valence-corrected chi connectivity index (χ2v) is 7.82. The molecule has 2 heterocycles. The standard InChI is InChI=1S/C20H20F7N3O3/c1-8-13(10-5-6-11(21)14(22)15(10)32-4)16(33-19(8,3)20(25,26)27)17(31)28-12-7-30(18(23)24)29-9(12)2/h5-8,13,16,18H,1-4H3,(H,28,31)/t8-,13-,16+,19+/m0/s1. The summed E-state index contributed by atoms with van der Waals surface area (Å²) in [6.45, 7) is 0.198. The number of anilines is 1. The number of hydrogen-bond acceptors (Lipinski definition) is 4. The van der Waals surface area contributed by atoms with Crippen LogP contribution in [0.2, 0.25) is 0 Å². The second-order valence-electron chi connectivity index (χ2n) is 7.82. The van der Waals surface area contributed by atoms with Crippen molar-refractivity contribution in [3.63, 3.8) is 0 Å². The summed E-state index contributed by atoms with van der Waals surface area (Å²) in [5, 5.41) is 5.76. The Bertz CT molecular complexity index is 1060. The zero-order valence-corrected chi connectivity index (χ0v) is 17.8. The number of nitrogens with zero attached hydrogens (tertiary/aromatic N) is 2. The van der Waals surface area contributed by atoms with Gasteiger partial charge < -0.3 is 14.8 Å². The summed E-state index contributed by atoms with van der Waals surface area (Å²) in [5.41, 5.74) is -3.24. The van der Waals surface area contributed by atoms with E-state index >= 15 is 0 Å². The van der Waals surface area contributed by atoms with Crippen LogP contribution < -0.4 is 10.1 Å². The first-order valence-electron chi connectivity index (χ1n) is 9.64. The molecule has 0 saturated carbocycles. The van der Waals surface area contributed by atoms with E-state index in [0.717, 1.165) is 33.2 Å². The molecular weight excluding hydrogens is 463 g/mol. The van der Waals surface area contributed by atoms with E-state index in [0.29, 0.717) is 6.07 Å². The number of alkyl halides is 5. The minimum atomic E-state index is -4.93. The zero-order chi connectivity index (χ0) is 24.9. The predicted octanol–water partition coefficient (Wildman–Crippen LogP) is 4.95. The van der Waals surface area contributed by atoms with Crippen molar-refractivity contribution in [2.75, 3.05) is 12.4 Å². The number of hydrogen-bond donors (Lipinski definition) is 1. The van der Waals surface area contributed by atoms with Crippen LogP contribution >= 0.6 is 0 Å². The van der Waals surface area contributed by atoms with Crippen molar-refractivity contribution in [2.45, 2.75) is 51.1 Å². The van der Waals surface area contributed by atoms with Gasteiger partial charge in [0.1, 0.15) is 6.10 Å². The first-order chi connectivity index (χ1) is 15.2. The Morgan fingerprint density at radius 1 is 1.30 bits per heavy atom. The molecule has 0 radical (unpaired) electrons. The van der Waals surface area contributed by atoms with Crippen molar-refractivity contribution in [2.24, 2.45) is 5.92 Å². The highest BCUT2D eigenvalue weighted by Gasteiger charge is 2.66. The highest BCUT2D eigenvalue weighted by atomic mass is 19.4. The number of halogens is 7. The third kappa shape index (κ3) is 4.13. The molecule has 1 aliphatic rings. The topological polar surface area (TPSA) is 65.4 Å². The normalized spacial score (nSPS) is 25.5. The molecule has 1 aromatic carbocycles. The number of benzene rings is 1. The molecule has 1 amide bonds. The van der Waals surface area contributed by atoms with Gasteiger partial charge in [-0.2, -0.15) is 31.4 Å². The Morgan fingerprint density at radius 2 is 1.94 bits per heavy atom. The summed E-state index contributed by atoms with van der Waals surface area (Å²) in [6, 6.07) is 1.72. The van der Waals surface area contributed by atoms with Crippen LogP contribution in [0.5, 0.6) is 5.75 Å². The first-order valence-corrected chi connectivity index (χ1v) is 9.64. The van der Waals surface area contributed by atoms with Crippen molar-refractivity contribution < 1.29 is 45.0 Å². The lowest BCUT2D eigenvalue weighted by atomic mass is 9.77. The second kappa shape index (κ2) is 8.50. The van der Waals surface area contributed by atoms with Gasteiger partial charge in [0, 0.05) is 17.4 Å². The molecule has 1 N–H and O–H groups in total. The summed E-state index contributed by atoms with van der Waals surface area (Å²) >= 11 is 0. The number of carbonyl (C=O) groups is 1. The number of amides is 1. The largest absolute Gasteiger partial charge is 0.493 e. The third-order valence-electron chi connectivity index (χ3n) is 5.94. The Labute approximate surface area is 183 Å². The SMILES string of the molecule is COc1c([C@H]2[C@H](C(=O)Nc3cn(C(F)F)nc3C)O[C@@](C)(C(F)(F)F)[C@H]2C)ccc(F)c1F. The van der Waals surface area contributed by atoms with Crippen molar-refractivity contribution in [3.8, 4) is 5.75 Å². The van der Waals surface area contributed by atoms with E-state index in [-0.39, 0.29) is 21.6 Å². The van der Waals surface area contributed by atoms with Gasteiger partial charge in [-0.25, -0.2) is 9.07 Å². The van der Waals surface area contributed by atoms with Gasteiger partial charge in [-0.3, -0.25) is 4.79 Å². The van der Waals surface area contributed by atoms with Crippen LogP contribution in [0.15, 0.2) is 18.3 Å². The molecule has 182 valence electrons. The predicted molar refractivity (Wildman–Crippen MR) is 101 cm³/mol. The minimum absolute atomic E-state index is 0.0183. The Balaban J connectivity index is 2.08. The molecule has 2 aromatic rings. The average molecular weight is 483 g/mol. The third-order valence-corrected chi connectivity index (χ3v) is 5.94. The quantitative estimate of drug-likeness (QED) is 0.612. The van der Waals surface area contributed by atoms with Gasteiger partial charge in [0.25, 0.3) is 5.91 Å². The van der Waals surface area contributed by atoms with Gasteiger partial charge in [0.15, 0.2) is 17.2 Å². The maximum atomic E-state index is 14.3. The van der Waals surface area contributed by atoms with Crippen LogP contribution in [-0.4, -0.2) is 40.7 Å². The van der Waals surface area contributed by atoms with Crippen molar-refractivity contribution >= 4 is 11.6 Å². The van der Waals surface area contributed by atoms with Crippen LogP contribution in [-0.2, 0) is 9.53 Å². The highest BCUT2D eigenvalue weighted by molar-refractivity contribution is 5.95. The van der Waals surface area contributed by atoms with E-state index in [1.807, 2.05) is 0 Å². The van der Waals surface area contributed by atoms with Gasteiger partial charge in [-0.15, -0.1) is 0 Å². The van der Waals surface area contributed by atoms with Gasteiger partial charge in [-0.05, 0) is 19.9 Å². The lowest BCUT2D eigenvalue weighted by Gasteiger charge is -2.32. The van der Waals surface area contributed by atoms with E-state index in [4.69, 9.17) is 9.47 Å². The molecular formula is C20H20F7N3O3. The molecule has 33 heavy (non-hydrogen) atoms. The molecule has 0 bridgehead atoms. The number of rotatable bonds is 5. The smallest absolute Gasteiger partial charge is 0.417 e. The van der Waals surface area contributed by atoms with Crippen LogP contribution in [0.1, 0.15) is 37.6 Å². The Hall–Kier alpha value is -2.83. The fourth-order valence-corrected chi connectivity index (χ4v) is 3.95. The van der Waals surface area contributed by atoms with Crippen molar-refractivity contribution in [3.05, 3.63) is 41.2 Å². The van der Waals surface area contributed by atoms with Gasteiger partial charge in [-0.1, -0.05) is 13.0 Å².